The van der Waals surface area contributed by atoms with Gasteiger partial charge in [0.2, 0.25) is 5.91 Å². The summed E-state index contributed by atoms with van der Waals surface area (Å²) in [5.41, 5.74) is 1.79. The fourth-order valence-electron chi connectivity index (χ4n) is 10.5. The molecule has 4 nitrogen and oxygen atoms in total. The molecule has 0 aromatic rings. The van der Waals surface area contributed by atoms with Gasteiger partial charge in [-0.05, 0) is 98.2 Å². The number of amides is 1. The Balaban J connectivity index is 1.30. The minimum Gasteiger partial charge on any atom is -0.393 e. The van der Waals surface area contributed by atoms with Crippen LogP contribution >= 0.6 is 0 Å². The van der Waals surface area contributed by atoms with E-state index in [1.807, 2.05) is 0 Å². The summed E-state index contributed by atoms with van der Waals surface area (Å²) >= 11 is 0. The number of carbonyl (C=O) groups excluding carboxylic acids is 1. The minimum atomic E-state index is -0.371. The Morgan fingerprint density at radius 2 is 1.91 bits per heavy atom. The number of allylic oxidation sites excluding steroid dienone is 1. The molecule has 0 radical (unpaired) electrons. The second-order valence-corrected chi connectivity index (χ2v) is 13.5. The Morgan fingerprint density at radius 3 is 2.67 bits per heavy atom. The molecule has 3 saturated carbocycles. The average molecular weight is 456 g/mol. The van der Waals surface area contributed by atoms with E-state index >= 15 is 0 Å². The molecule has 2 aliphatic heterocycles. The Hall–Kier alpha value is -0.870. The van der Waals surface area contributed by atoms with Gasteiger partial charge < -0.3 is 14.7 Å². The van der Waals surface area contributed by atoms with Crippen molar-refractivity contribution in [2.75, 3.05) is 6.54 Å². The van der Waals surface area contributed by atoms with Crippen LogP contribution < -0.4 is 0 Å². The third kappa shape index (κ3) is 2.92. The zero-order chi connectivity index (χ0) is 23.3. The van der Waals surface area contributed by atoms with Crippen LogP contribution in [0.1, 0.15) is 92.4 Å². The number of piperidine rings is 1. The maximum Gasteiger partial charge on any atom is 0.221 e. The molecule has 2 heterocycles. The molecular formula is C29H45NO3. The van der Waals surface area contributed by atoms with Gasteiger partial charge in [-0.25, -0.2) is 0 Å². The third-order valence-corrected chi connectivity index (χ3v) is 12.1. The highest BCUT2D eigenvalue weighted by atomic mass is 16.5. The highest BCUT2D eigenvalue weighted by Crippen LogP contribution is 2.70. The normalized spacial score (nSPS) is 55.5. The lowest BCUT2D eigenvalue weighted by atomic mass is 9.47. The van der Waals surface area contributed by atoms with E-state index < -0.39 is 0 Å². The van der Waals surface area contributed by atoms with Crippen molar-refractivity contribution in [1.82, 2.24) is 4.90 Å². The Kier molecular flexibility index (Phi) is 5.01. The predicted molar refractivity (Wildman–Crippen MR) is 129 cm³/mol. The molecule has 4 heteroatoms. The lowest BCUT2D eigenvalue weighted by Crippen LogP contribution is -2.60. The number of fused-ring (bicyclic) bond motifs is 7. The molecule has 1 spiro atoms. The van der Waals surface area contributed by atoms with Gasteiger partial charge in [-0.15, -0.1) is 0 Å². The predicted octanol–water partition coefficient (Wildman–Crippen LogP) is 5.55. The van der Waals surface area contributed by atoms with E-state index in [4.69, 9.17) is 4.74 Å². The lowest BCUT2D eigenvalue weighted by molar-refractivity contribution is -0.200. The Labute approximate surface area is 200 Å². The monoisotopic (exact) mass is 455 g/mol. The third-order valence-electron chi connectivity index (χ3n) is 12.1. The number of carbonyl (C=O) groups is 1. The number of ether oxygens (including phenoxy) is 1. The van der Waals surface area contributed by atoms with Gasteiger partial charge in [-0.1, -0.05) is 39.3 Å². The van der Waals surface area contributed by atoms with Crippen molar-refractivity contribution in [3.8, 4) is 0 Å². The molecule has 4 aliphatic carbocycles. The standard InChI is InChI=1S/C29H45NO3/c1-17-8-13-29(30(16-17)19(3)31)18(2)26-25(33-29)15-24-22-7-6-20-14-21(32)9-11-27(20,4)23(22)10-12-28(24,26)5/h6,17-18,21-26,32H,7-16H2,1-5H3. The highest BCUT2D eigenvalue weighted by Gasteiger charge is 2.69. The number of rotatable bonds is 0. The smallest absolute Gasteiger partial charge is 0.221 e. The first-order valence-electron chi connectivity index (χ1n) is 13.9. The van der Waals surface area contributed by atoms with E-state index in [0.717, 1.165) is 56.4 Å². The summed E-state index contributed by atoms with van der Waals surface area (Å²) < 4.78 is 7.09. The second kappa shape index (κ2) is 7.32. The van der Waals surface area contributed by atoms with Crippen molar-refractivity contribution < 1.29 is 14.6 Å². The molecule has 1 amide bonds. The topological polar surface area (TPSA) is 49.8 Å². The van der Waals surface area contributed by atoms with E-state index in [-0.39, 0.29) is 17.7 Å². The van der Waals surface area contributed by atoms with Gasteiger partial charge in [0, 0.05) is 19.4 Å². The van der Waals surface area contributed by atoms with Crippen molar-refractivity contribution >= 4 is 5.91 Å². The molecule has 6 rings (SSSR count). The summed E-state index contributed by atoms with van der Waals surface area (Å²) in [6.07, 6.45) is 12.9. The first-order valence-corrected chi connectivity index (χ1v) is 13.9. The summed E-state index contributed by atoms with van der Waals surface area (Å²) in [7, 11) is 0. The number of aliphatic hydroxyl groups excluding tert-OH is 1. The van der Waals surface area contributed by atoms with Gasteiger partial charge in [0.15, 0.2) is 0 Å². The number of nitrogens with zero attached hydrogens (tertiary/aromatic N) is 1. The molecule has 5 fully saturated rings. The van der Waals surface area contributed by atoms with Gasteiger partial charge in [0.25, 0.3) is 0 Å². The van der Waals surface area contributed by atoms with Crippen LogP contribution in [0.3, 0.4) is 0 Å². The zero-order valence-electron chi connectivity index (χ0n) is 21.5. The molecule has 2 saturated heterocycles. The first-order chi connectivity index (χ1) is 15.6. The molecule has 1 N–H and O–H groups in total. The number of likely N-dealkylation sites (tertiary alicyclic amines) is 1. The minimum absolute atomic E-state index is 0.131. The number of hydrogen-bond donors (Lipinski definition) is 1. The van der Waals surface area contributed by atoms with Gasteiger partial charge >= 0.3 is 0 Å². The summed E-state index contributed by atoms with van der Waals surface area (Å²) in [6.45, 7) is 12.4. The van der Waals surface area contributed by atoms with Crippen LogP contribution in [0.4, 0.5) is 0 Å². The van der Waals surface area contributed by atoms with Crippen molar-refractivity contribution in [3.63, 3.8) is 0 Å². The molecule has 33 heavy (non-hydrogen) atoms. The molecule has 0 bridgehead atoms. The van der Waals surface area contributed by atoms with Crippen LogP contribution in [-0.2, 0) is 9.53 Å². The second-order valence-electron chi connectivity index (χ2n) is 13.5. The van der Waals surface area contributed by atoms with E-state index in [1.165, 1.54) is 25.7 Å². The molecule has 6 aliphatic rings. The van der Waals surface area contributed by atoms with Gasteiger partial charge in [-0.3, -0.25) is 4.79 Å². The molecule has 0 aromatic carbocycles. The molecule has 184 valence electrons. The quantitative estimate of drug-likeness (QED) is 0.488. The van der Waals surface area contributed by atoms with Crippen LogP contribution in [-0.4, -0.2) is 40.4 Å². The van der Waals surface area contributed by atoms with Gasteiger partial charge in [-0.2, -0.15) is 0 Å². The Morgan fingerprint density at radius 1 is 1.12 bits per heavy atom. The SMILES string of the molecule is CC(=O)N1CC(C)CCC12OC1CC3C4CC=C5CC(O)CCC5(C)C4CCC3(C)C1C2C. The van der Waals surface area contributed by atoms with E-state index in [9.17, 15) is 9.90 Å². The van der Waals surface area contributed by atoms with Crippen LogP contribution in [0.2, 0.25) is 0 Å². The number of aliphatic hydroxyl groups is 1. The fraction of sp³-hybridized carbons (Fsp3) is 0.897. The van der Waals surface area contributed by atoms with Crippen LogP contribution in [0.25, 0.3) is 0 Å². The largest absolute Gasteiger partial charge is 0.393 e. The zero-order valence-corrected chi connectivity index (χ0v) is 21.5. The van der Waals surface area contributed by atoms with Crippen LogP contribution in [0.5, 0.6) is 0 Å². The van der Waals surface area contributed by atoms with Crippen LogP contribution in [0.15, 0.2) is 11.6 Å². The van der Waals surface area contributed by atoms with Crippen molar-refractivity contribution in [2.24, 2.45) is 46.3 Å². The fourth-order valence-corrected chi connectivity index (χ4v) is 10.5. The van der Waals surface area contributed by atoms with E-state index in [0.29, 0.717) is 34.7 Å². The van der Waals surface area contributed by atoms with E-state index in [2.05, 4.69) is 38.7 Å². The van der Waals surface area contributed by atoms with Crippen molar-refractivity contribution in [1.29, 1.82) is 0 Å². The lowest BCUT2D eigenvalue weighted by Gasteiger charge is -2.59. The van der Waals surface area contributed by atoms with Gasteiger partial charge in [0.1, 0.15) is 5.72 Å². The Bertz CT molecular complexity index is 869. The molecular weight excluding hydrogens is 410 g/mol. The van der Waals surface area contributed by atoms with Crippen molar-refractivity contribution in [2.45, 2.75) is 110 Å². The van der Waals surface area contributed by atoms with Crippen LogP contribution in [0, 0.1) is 46.3 Å². The van der Waals surface area contributed by atoms with Gasteiger partial charge in [0.05, 0.1) is 12.2 Å². The summed E-state index contributed by atoms with van der Waals surface area (Å²) in [6, 6.07) is 0. The molecule has 11 atom stereocenters. The summed E-state index contributed by atoms with van der Waals surface area (Å²) in [5, 5.41) is 10.3. The number of hydrogen-bond acceptors (Lipinski definition) is 3. The highest BCUT2D eigenvalue weighted by molar-refractivity contribution is 5.74. The van der Waals surface area contributed by atoms with Crippen molar-refractivity contribution in [3.05, 3.63) is 11.6 Å². The maximum atomic E-state index is 12.7. The average Bonchev–Trinajstić information content (AvgIpc) is 3.21. The molecule has 11 unspecified atom stereocenters. The molecule has 0 aromatic heterocycles. The van der Waals surface area contributed by atoms with E-state index in [1.54, 1.807) is 12.5 Å². The summed E-state index contributed by atoms with van der Waals surface area (Å²) in [4.78, 5) is 14.9. The maximum absolute atomic E-state index is 12.7. The first kappa shape index (κ1) is 22.6. The summed E-state index contributed by atoms with van der Waals surface area (Å²) in [5.74, 6) is 3.95.